The van der Waals surface area contributed by atoms with Crippen molar-refractivity contribution in [2.45, 2.75) is 50.3 Å². The second kappa shape index (κ2) is 4.61. The van der Waals surface area contributed by atoms with Gasteiger partial charge < -0.3 is 14.6 Å². The van der Waals surface area contributed by atoms with E-state index in [-0.39, 0.29) is 18.1 Å². The van der Waals surface area contributed by atoms with Gasteiger partial charge in [0.25, 0.3) is 0 Å². The molecule has 19 heavy (non-hydrogen) atoms. The molecule has 1 saturated heterocycles. The van der Waals surface area contributed by atoms with Crippen LogP contribution in [-0.2, 0) is 9.47 Å². The summed E-state index contributed by atoms with van der Waals surface area (Å²) < 4.78 is 11.7. The number of rotatable bonds is 1. The molecule has 1 heterocycles. The molecule has 3 nitrogen and oxygen atoms in total. The van der Waals surface area contributed by atoms with Crippen LogP contribution in [0, 0.1) is 0 Å². The van der Waals surface area contributed by atoms with Gasteiger partial charge in [-0.25, -0.2) is 0 Å². The summed E-state index contributed by atoms with van der Waals surface area (Å²) in [6.07, 6.45) is -0.353. The number of hydrogen-bond acceptors (Lipinski definition) is 3. The van der Waals surface area contributed by atoms with Crippen molar-refractivity contribution in [1.29, 1.82) is 0 Å². The van der Waals surface area contributed by atoms with Crippen molar-refractivity contribution in [1.82, 2.24) is 0 Å². The largest absolute Gasteiger partial charge is 0.390 e. The van der Waals surface area contributed by atoms with Gasteiger partial charge in [0.15, 0.2) is 5.79 Å². The normalized spacial score (nSPS) is 36.5. The average molecular weight is 303 g/mol. The highest BCUT2D eigenvalue weighted by atomic mass is 35.5. The summed E-state index contributed by atoms with van der Waals surface area (Å²) in [4.78, 5) is 0. The van der Waals surface area contributed by atoms with Crippen LogP contribution in [0.4, 0.5) is 0 Å². The molecule has 1 aromatic rings. The Morgan fingerprint density at radius 2 is 1.68 bits per heavy atom. The fourth-order valence-corrected chi connectivity index (χ4v) is 3.61. The molecule has 4 atom stereocenters. The quantitative estimate of drug-likeness (QED) is 0.864. The van der Waals surface area contributed by atoms with Gasteiger partial charge in [0, 0.05) is 16.0 Å². The van der Waals surface area contributed by atoms with Crippen molar-refractivity contribution in [3.63, 3.8) is 0 Å². The molecule has 2 aliphatic rings. The molecule has 1 aliphatic heterocycles. The fraction of sp³-hybridized carbons (Fsp3) is 0.571. The van der Waals surface area contributed by atoms with Gasteiger partial charge in [-0.05, 0) is 44.0 Å². The average Bonchev–Trinajstić information content (AvgIpc) is 2.73. The van der Waals surface area contributed by atoms with Crippen LogP contribution in [0.1, 0.15) is 31.7 Å². The lowest BCUT2D eigenvalue weighted by molar-refractivity contribution is -0.163. The Balaban J connectivity index is 1.93. The van der Waals surface area contributed by atoms with E-state index in [9.17, 15) is 5.11 Å². The highest BCUT2D eigenvalue weighted by Crippen LogP contribution is 2.46. The van der Waals surface area contributed by atoms with Gasteiger partial charge in [0.1, 0.15) is 6.10 Å². The maximum atomic E-state index is 10.1. The lowest BCUT2D eigenvalue weighted by Gasteiger charge is -2.22. The summed E-state index contributed by atoms with van der Waals surface area (Å²) >= 11 is 12.1. The highest BCUT2D eigenvalue weighted by molar-refractivity contribution is 6.34. The molecule has 0 aromatic heterocycles. The highest BCUT2D eigenvalue weighted by Gasteiger charge is 2.53. The lowest BCUT2D eigenvalue weighted by Crippen LogP contribution is -2.28. The molecule has 0 radical (unpaired) electrons. The zero-order valence-corrected chi connectivity index (χ0v) is 12.3. The smallest absolute Gasteiger partial charge is 0.163 e. The first-order valence-electron chi connectivity index (χ1n) is 6.35. The van der Waals surface area contributed by atoms with E-state index in [0.717, 1.165) is 5.56 Å². The number of aliphatic hydroxyl groups excluding tert-OH is 1. The van der Waals surface area contributed by atoms with Crippen LogP contribution in [0.3, 0.4) is 0 Å². The minimum absolute atomic E-state index is 0.0537. The summed E-state index contributed by atoms with van der Waals surface area (Å²) in [7, 11) is 0. The van der Waals surface area contributed by atoms with Gasteiger partial charge in [-0.1, -0.05) is 23.2 Å². The summed E-state index contributed by atoms with van der Waals surface area (Å²) in [5.74, 6) is -0.602. The number of benzene rings is 1. The van der Waals surface area contributed by atoms with E-state index in [1.165, 1.54) is 0 Å². The van der Waals surface area contributed by atoms with Crippen LogP contribution in [0.2, 0.25) is 10.0 Å². The second-order valence-electron chi connectivity index (χ2n) is 5.68. The van der Waals surface area contributed by atoms with E-state index >= 15 is 0 Å². The molecular weight excluding hydrogens is 287 g/mol. The topological polar surface area (TPSA) is 38.7 Å². The Bertz CT molecular complexity index is 483. The molecule has 0 unspecified atom stereocenters. The summed E-state index contributed by atoms with van der Waals surface area (Å²) in [6, 6.07) is 5.45. The van der Waals surface area contributed by atoms with Gasteiger partial charge >= 0.3 is 0 Å². The molecule has 3 rings (SSSR count). The Labute approximate surface area is 122 Å². The van der Waals surface area contributed by atoms with Crippen molar-refractivity contribution in [2.75, 3.05) is 0 Å². The molecule has 0 bridgehead atoms. The van der Waals surface area contributed by atoms with Gasteiger partial charge in [-0.3, -0.25) is 0 Å². The van der Waals surface area contributed by atoms with Crippen molar-refractivity contribution < 1.29 is 14.6 Å². The molecule has 2 fully saturated rings. The molecule has 0 spiro atoms. The van der Waals surface area contributed by atoms with E-state index in [1.54, 1.807) is 6.07 Å². The van der Waals surface area contributed by atoms with Crippen LogP contribution in [0.15, 0.2) is 18.2 Å². The zero-order valence-electron chi connectivity index (χ0n) is 10.8. The van der Waals surface area contributed by atoms with E-state index in [4.69, 9.17) is 32.7 Å². The minimum atomic E-state index is -0.655. The number of aliphatic hydroxyl groups is 1. The van der Waals surface area contributed by atoms with Gasteiger partial charge in [-0.2, -0.15) is 0 Å². The molecule has 1 aromatic carbocycles. The maximum Gasteiger partial charge on any atom is 0.163 e. The van der Waals surface area contributed by atoms with Crippen LogP contribution in [0.25, 0.3) is 0 Å². The van der Waals surface area contributed by atoms with Crippen molar-refractivity contribution in [3.8, 4) is 0 Å². The third kappa shape index (κ3) is 2.50. The third-order valence-corrected chi connectivity index (χ3v) is 4.18. The fourth-order valence-electron chi connectivity index (χ4n) is 3.07. The van der Waals surface area contributed by atoms with Gasteiger partial charge in [0.2, 0.25) is 0 Å². The van der Waals surface area contributed by atoms with Gasteiger partial charge in [0.05, 0.1) is 12.2 Å². The molecule has 1 aliphatic carbocycles. The van der Waals surface area contributed by atoms with E-state index in [1.807, 2.05) is 26.0 Å². The van der Waals surface area contributed by atoms with E-state index in [0.29, 0.717) is 16.5 Å². The Hall–Kier alpha value is -0.320. The first-order valence-corrected chi connectivity index (χ1v) is 7.11. The number of hydrogen-bond donors (Lipinski definition) is 1. The van der Waals surface area contributed by atoms with Crippen molar-refractivity contribution >= 4 is 23.2 Å². The zero-order chi connectivity index (χ0) is 13.8. The number of ether oxygens (including phenoxy) is 2. The number of fused-ring (bicyclic) bond motifs is 1. The number of halogens is 2. The van der Waals surface area contributed by atoms with Crippen molar-refractivity contribution in [3.05, 3.63) is 33.8 Å². The Kier molecular flexibility index (Phi) is 3.31. The van der Waals surface area contributed by atoms with Crippen LogP contribution < -0.4 is 0 Å². The first kappa shape index (κ1) is 13.7. The lowest BCUT2D eigenvalue weighted by atomic mass is 9.95. The molecule has 104 valence electrons. The maximum absolute atomic E-state index is 10.1. The third-order valence-electron chi connectivity index (χ3n) is 3.75. The predicted octanol–water partition coefficient (Wildman–Crippen LogP) is 3.36. The first-order chi connectivity index (χ1) is 8.85. The van der Waals surface area contributed by atoms with E-state index in [2.05, 4.69) is 0 Å². The van der Waals surface area contributed by atoms with Crippen LogP contribution >= 0.6 is 23.2 Å². The summed E-state index contributed by atoms with van der Waals surface area (Å²) in [5, 5.41) is 11.3. The van der Waals surface area contributed by atoms with Crippen LogP contribution in [-0.4, -0.2) is 29.2 Å². The van der Waals surface area contributed by atoms with Crippen LogP contribution in [0.5, 0.6) is 0 Å². The van der Waals surface area contributed by atoms with Gasteiger partial charge in [-0.15, -0.1) is 0 Å². The molecule has 1 saturated carbocycles. The molecular formula is C14H16Cl2O3. The SMILES string of the molecule is CC1(C)O[C@@H]2[C@H](O1)[C@@H](c1cc(Cl)cc(Cl)c1)C[C@@H]2O. The second-order valence-corrected chi connectivity index (χ2v) is 6.55. The monoisotopic (exact) mass is 302 g/mol. The van der Waals surface area contributed by atoms with E-state index < -0.39 is 11.9 Å². The summed E-state index contributed by atoms with van der Waals surface area (Å²) in [6.45, 7) is 3.72. The standard InChI is InChI=1S/C14H16Cl2O3/c1-14(2)18-12-10(6-11(17)13(12)19-14)7-3-8(15)5-9(16)4-7/h3-5,10-13,17H,6H2,1-2H3/t10-,11+,12-,13+/m1/s1. The summed E-state index contributed by atoms with van der Waals surface area (Å²) in [5.41, 5.74) is 0.991. The predicted molar refractivity (Wildman–Crippen MR) is 73.7 cm³/mol. The van der Waals surface area contributed by atoms with Crippen molar-refractivity contribution in [2.24, 2.45) is 0 Å². The molecule has 0 amide bonds. The Morgan fingerprint density at radius 3 is 2.32 bits per heavy atom. The minimum Gasteiger partial charge on any atom is -0.390 e. The Morgan fingerprint density at radius 1 is 1.11 bits per heavy atom. The molecule has 1 N–H and O–H groups in total. The molecule has 5 heteroatoms.